The molecule has 1 aromatic heterocycles. The monoisotopic (exact) mass is 438 g/mol. The zero-order valence-corrected chi connectivity index (χ0v) is 18.4. The molecule has 3 aromatic rings. The Kier molecular flexibility index (Phi) is 8.25. The molecule has 0 fully saturated rings. The SMILES string of the molecule is CN=C(NCCc1ccc(F)cc1)NCc1ccc(Oc2c(OC)cccc2OC)nc1. The fourth-order valence-electron chi connectivity index (χ4n) is 2.98. The van der Waals surface area contributed by atoms with Gasteiger partial charge in [-0.05, 0) is 41.8 Å². The highest BCUT2D eigenvalue weighted by Gasteiger charge is 2.13. The van der Waals surface area contributed by atoms with Crippen molar-refractivity contribution in [3.05, 3.63) is 77.7 Å². The molecule has 32 heavy (non-hydrogen) atoms. The van der Waals surface area contributed by atoms with E-state index in [9.17, 15) is 4.39 Å². The third kappa shape index (κ3) is 6.34. The molecule has 1 heterocycles. The van der Waals surface area contributed by atoms with Gasteiger partial charge in [-0.1, -0.05) is 24.3 Å². The van der Waals surface area contributed by atoms with Crippen LogP contribution in [0.2, 0.25) is 0 Å². The van der Waals surface area contributed by atoms with E-state index in [1.54, 1.807) is 57.8 Å². The van der Waals surface area contributed by atoms with Crippen LogP contribution in [0, 0.1) is 5.82 Å². The second-order valence-electron chi connectivity index (χ2n) is 6.83. The number of halogens is 1. The number of guanidine groups is 1. The van der Waals surface area contributed by atoms with Crippen molar-refractivity contribution in [1.82, 2.24) is 15.6 Å². The number of para-hydroxylation sites is 1. The molecule has 0 saturated heterocycles. The molecule has 0 amide bonds. The molecule has 2 aromatic carbocycles. The molecule has 7 nitrogen and oxygen atoms in total. The van der Waals surface area contributed by atoms with E-state index >= 15 is 0 Å². The smallest absolute Gasteiger partial charge is 0.219 e. The van der Waals surface area contributed by atoms with E-state index in [0.717, 1.165) is 17.5 Å². The minimum Gasteiger partial charge on any atom is -0.493 e. The standard InChI is InChI=1S/C24H27FN4O3/c1-26-24(27-14-13-17-7-10-19(25)11-8-17)29-16-18-9-12-22(28-15-18)32-23-20(30-2)5-4-6-21(23)31-3/h4-12,15H,13-14,16H2,1-3H3,(H2,26,27,29). The van der Waals surface area contributed by atoms with Gasteiger partial charge in [0.2, 0.25) is 11.6 Å². The summed E-state index contributed by atoms with van der Waals surface area (Å²) in [5.74, 6) is 2.47. The molecule has 2 N–H and O–H groups in total. The van der Waals surface area contributed by atoms with Gasteiger partial charge in [0.15, 0.2) is 17.5 Å². The molecule has 0 atom stereocenters. The fourth-order valence-corrected chi connectivity index (χ4v) is 2.98. The minimum atomic E-state index is -0.230. The van der Waals surface area contributed by atoms with Crippen LogP contribution in [0.3, 0.4) is 0 Å². The molecule has 0 aliphatic rings. The predicted molar refractivity (Wildman–Crippen MR) is 122 cm³/mol. The third-order valence-corrected chi connectivity index (χ3v) is 4.69. The number of hydrogen-bond acceptors (Lipinski definition) is 5. The molecule has 168 valence electrons. The maximum absolute atomic E-state index is 13.0. The van der Waals surface area contributed by atoms with E-state index in [0.29, 0.717) is 42.2 Å². The first-order valence-corrected chi connectivity index (χ1v) is 10.2. The van der Waals surface area contributed by atoms with E-state index in [1.165, 1.54) is 12.1 Å². The molecule has 0 bridgehead atoms. The van der Waals surface area contributed by atoms with Crippen molar-refractivity contribution in [1.29, 1.82) is 0 Å². The Hall–Kier alpha value is -3.81. The topological polar surface area (TPSA) is 77.0 Å². The molecule has 0 aliphatic carbocycles. The molecule has 3 rings (SSSR count). The molecule has 8 heteroatoms. The highest BCUT2D eigenvalue weighted by molar-refractivity contribution is 5.79. The zero-order valence-electron chi connectivity index (χ0n) is 18.4. The molecule has 0 radical (unpaired) electrons. The summed E-state index contributed by atoms with van der Waals surface area (Å²) in [5, 5.41) is 6.49. The summed E-state index contributed by atoms with van der Waals surface area (Å²) in [5.41, 5.74) is 2.02. The highest BCUT2D eigenvalue weighted by Crippen LogP contribution is 2.39. The molecule has 0 spiro atoms. The summed E-state index contributed by atoms with van der Waals surface area (Å²) in [6.07, 6.45) is 2.50. The van der Waals surface area contributed by atoms with Crippen LogP contribution in [-0.2, 0) is 13.0 Å². The van der Waals surface area contributed by atoms with Gasteiger partial charge in [-0.25, -0.2) is 9.37 Å². The van der Waals surface area contributed by atoms with Crippen LogP contribution >= 0.6 is 0 Å². The van der Waals surface area contributed by atoms with Gasteiger partial charge in [-0.15, -0.1) is 0 Å². The number of methoxy groups -OCH3 is 2. The van der Waals surface area contributed by atoms with E-state index in [2.05, 4.69) is 20.6 Å². The van der Waals surface area contributed by atoms with Crippen molar-refractivity contribution < 1.29 is 18.6 Å². The van der Waals surface area contributed by atoms with Gasteiger partial charge in [-0.2, -0.15) is 0 Å². The Bertz CT molecular complexity index is 1000. The highest BCUT2D eigenvalue weighted by atomic mass is 19.1. The van der Waals surface area contributed by atoms with Crippen molar-refractivity contribution >= 4 is 5.96 Å². The number of pyridine rings is 1. The molecule has 0 saturated carbocycles. The summed E-state index contributed by atoms with van der Waals surface area (Å²) in [6, 6.07) is 15.6. The number of nitrogens with one attached hydrogen (secondary N) is 2. The average Bonchev–Trinajstić information content (AvgIpc) is 2.83. The molecule has 0 unspecified atom stereocenters. The first kappa shape index (κ1) is 22.9. The zero-order chi connectivity index (χ0) is 22.8. The van der Waals surface area contributed by atoms with Crippen LogP contribution in [0.1, 0.15) is 11.1 Å². The van der Waals surface area contributed by atoms with E-state index in [4.69, 9.17) is 14.2 Å². The second-order valence-corrected chi connectivity index (χ2v) is 6.83. The maximum atomic E-state index is 13.0. The van der Waals surface area contributed by atoms with Crippen LogP contribution in [-0.4, -0.2) is 38.8 Å². The van der Waals surface area contributed by atoms with Gasteiger partial charge >= 0.3 is 0 Å². The lowest BCUT2D eigenvalue weighted by Gasteiger charge is -2.14. The van der Waals surface area contributed by atoms with Crippen molar-refractivity contribution in [2.75, 3.05) is 27.8 Å². The Labute approximate surface area is 187 Å². The van der Waals surface area contributed by atoms with E-state index in [-0.39, 0.29) is 5.82 Å². The Balaban J connectivity index is 1.51. The van der Waals surface area contributed by atoms with Gasteiger partial charge in [0.1, 0.15) is 5.82 Å². The quantitative estimate of drug-likeness (QED) is 0.389. The Morgan fingerprint density at radius 1 is 0.938 bits per heavy atom. The van der Waals surface area contributed by atoms with Gasteiger partial charge in [-0.3, -0.25) is 4.99 Å². The number of aliphatic imine (C=N–C) groups is 1. The number of benzene rings is 2. The van der Waals surface area contributed by atoms with Crippen molar-refractivity contribution in [2.45, 2.75) is 13.0 Å². The molecule has 0 aliphatic heterocycles. The number of hydrogen-bond donors (Lipinski definition) is 2. The summed E-state index contributed by atoms with van der Waals surface area (Å²) < 4.78 is 29.6. The lowest BCUT2D eigenvalue weighted by atomic mass is 10.1. The van der Waals surface area contributed by atoms with Crippen LogP contribution in [0.25, 0.3) is 0 Å². The summed E-state index contributed by atoms with van der Waals surface area (Å²) in [6.45, 7) is 1.22. The second kappa shape index (κ2) is 11.5. The average molecular weight is 439 g/mol. The Morgan fingerprint density at radius 3 is 2.22 bits per heavy atom. The maximum Gasteiger partial charge on any atom is 0.219 e. The molecular formula is C24H27FN4O3. The van der Waals surface area contributed by atoms with Crippen molar-refractivity contribution in [2.24, 2.45) is 4.99 Å². The van der Waals surface area contributed by atoms with Crippen LogP contribution in [0.15, 0.2) is 65.8 Å². The number of rotatable bonds is 9. The first-order valence-electron chi connectivity index (χ1n) is 10.2. The molecular weight excluding hydrogens is 411 g/mol. The largest absolute Gasteiger partial charge is 0.493 e. The van der Waals surface area contributed by atoms with Crippen LogP contribution in [0.4, 0.5) is 4.39 Å². The van der Waals surface area contributed by atoms with Gasteiger partial charge in [0.05, 0.1) is 14.2 Å². The number of aromatic nitrogens is 1. The number of ether oxygens (including phenoxy) is 3. The van der Waals surface area contributed by atoms with E-state index in [1.807, 2.05) is 12.1 Å². The summed E-state index contributed by atoms with van der Waals surface area (Å²) in [4.78, 5) is 8.59. The van der Waals surface area contributed by atoms with Crippen molar-refractivity contribution in [3.63, 3.8) is 0 Å². The van der Waals surface area contributed by atoms with Crippen molar-refractivity contribution in [3.8, 4) is 23.1 Å². The summed E-state index contributed by atoms with van der Waals surface area (Å²) in [7, 11) is 4.86. The predicted octanol–water partition coefficient (Wildman–Crippen LogP) is 3.94. The van der Waals surface area contributed by atoms with Gasteiger partial charge in [0.25, 0.3) is 0 Å². The van der Waals surface area contributed by atoms with E-state index < -0.39 is 0 Å². The van der Waals surface area contributed by atoms with Crippen LogP contribution < -0.4 is 24.8 Å². The first-order chi connectivity index (χ1) is 15.6. The Morgan fingerprint density at radius 2 is 1.62 bits per heavy atom. The van der Waals surface area contributed by atoms with Crippen LogP contribution in [0.5, 0.6) is 23.1 Å². The van der Waals surface area contributed by atoms with Gasteiger partial charge in [0, 0.05) is 32.4 Å². The normalized spacial score (nSPS) is 11.1. The number of nitrogens with zero attached hydrogens (tertiary/aromatic N) is 2. The van der Waals surface area contributed by atoms with Gasteiger partial charge < -0.3 is 24.8 Å². The fraction of sp³-hybridized carbons (Fsp3) is 0.250. The summed E-state index contributed by atoms with van der Waals surface area (Å²) >= 11 is 0. The third-order valence-electron chi connectivity index (χ3n) is 4.69. The lowest BCUT2D eigenvalue weighted by Crippen LogP contribution is -2.37. The lowest BCUT2D eigenvalue weighted by molar-refractivity contribution is 0.342. The minimum absolute atomic E-state index is 0.230.